The molecule has 1 aromatic carbocycles. The zero-order chi connectivity index (χ0) is 15.2. The van der Waals surface area contributed by atoms with Crippen LogP contribution in [0.5, 0.6) is 0 Å². The molecule has 0 unspecified atom stereocenters. The van der Waals surface area contributed by atoms with Crippen molar-refractivity contribution in [3.63, 3.8) is 0 Å². The van der Waals surface area contributed by atoms with E-state index in [0.29, 0.717) is 25.4 Å². The fourth-order valence-electron chi connectivity index (χ4n) is 2.23. The fourth-order valence-corrected chi connectivity index (χ4v) is 2.23. The van der Waals surface area contributed by atoms with Gasteiger partial charge in [0.15, 0.2) is 0 Å². The molecule has 0 aliphatic rings. The summed E-state index contributed by atoms with van der Waals surface area (Å²) in [7, 11) is 0. The van der Waals surface area contributed by atoms with Gasteiger partial charge >= 0.3 is 0 Å². The number of anilines is 1. The Bertz CT molecular complexity index is 604. The summed E-state index contributed by atoms with van der Waals surface area (Å²) in [6, 6.07) is 7.60. The zero-order valence-electron chi connectivity index (χ0n) is 12.5. The van der Waals surface area contributed by atoms with Crippen LogP contribution in [0.4, 0.5) is 5.69 Å². The SMILES string of the molecule is CC(C)c1nccn1CCC(=O)Nc1cccc(CN)c1. The van der Waals surface area contributed by atoms with Crippen LogP contribution in [0.25, 0.3) is 0 Å². The molecule has 3 N–H and O–H groups in total. The molecular weight excluding hydrogens is 264 g/mol. The Hall–Kier alpha value is -2.14. The Balaban J connectivity index is 1.91. The van der Waals surface area contributed by atoms with E-state index >= 15 is 0 Å². The molecule has 0 aliphatic heterocycles. The summed E-state index contributed by atoms with van der Waals surface area (Å²) in [4.78, 5) is 16.3. The number of benzene rings is 1. The smallest absolute Gasteiger partial charge is 0.226 e. The van der Waals surface area contributed by atoms with Crippen LogP contribution >= 0.6 is 0 Å². The molecular formula is C16H22N4O. The lowest BCUT2D eigenvalue weighted by Crippen LogP contribution is -2.15. The minimum absolute atomic E-state index is 0.00687. The Labute approximate surface area is 125 Å². The molecule has 0 aliphatic carbocycles. The monoisotopic (exact) mass is 286 g/mol. The first-order valence-electron chi connectivity index (χ1n) is 7.20. The number of imidazole rings is 1. The predicted octanol–water partition coefficient (Wildman–Crippen LogP) is 2.49. The summed E-state index contributed by atoms with van der Waals surface area (Å²) in [5, 5.41) is 2.90. The molecule has 0 fully saturated rings. The number of hydrogen-bond donors (Lipinski definition) is 2. The van der Waals surface area contributed by atoms with Crippen molar-refractivity contribution in [3.05, 3.63) is 48.0 Å². The standard InChI is InChI=1S/C16H22N4O/c1-12(2)16-18-7-9-20(16)8-6-15(21)19-14-5-3-4-13(10-14)11-17/h3-5,7,9-10,12H,6,8,11,17H2,1-2H3,(H,19,21). The van der Waals surface area contributed by atoms with Crippen molar-refractivity contribution in [2.24, 2.45) is 5.73 Å². The molecule has 112 valence electrons. The number of rotatable bonds is 6. The van der Waals surface area contributed by atoms with Gasteiger partial charge in [-0.25, -0.2) is 4.98 Å². The van der Waals surface area contributed by atoms with Gasteiger partial charge in [0.2, 0.25) is 5.91 Å². The third-order valence-electron chi connectivity index (χ3n) is 3.29. The highest BCUT2D eigenvalue weighted by molar-refractivity contribution is 5.90. The van der Waals surface area contributed by atoms with Gasteiger partial charge in [0, 0.05) is 43.5 Å². The summed E-state index contributed by atoms with van der Waals surface area (Å²) in [6.07, 6.45) is 4.11. The molecule has 0 radical (unpaired) electrons. The number of nitrogens with one attached hydrogen (secondary N) is 1. The second-order valence-corrected chi connectivity index (χ2v) is 5.34. The van der Waals surface area contributed by atoms with Gasteiger partial charge < -0.3 is 15.6 Å². The highest BCUT2D eigenvalue weighted by atomic mass is 16.1. The van der Waals surface area contributed by atoms with Gasteiger partial charge in [0.25, 0.3) is 0 Å². The van der Waals surface area contributed by atoms with E-state index in [2.05, 4.69) is 24.1 Å². The summed E-state index contributed by atoms with van der Waals surface area (Å²) >= 11 is 0. The topological polar surface area (TPSA) is 72.9 Å². The first kappa shape index (κ1) is 15.3. The van der Waals surface area contributed by atoms with Crippen LogP contribution in [0.15, 0.2) is 36.7 Å². The second-order valence-electron chi connectivity index (χ2n) is 5.34. The molecule has 2 rings (SSSR count). The molecule has 0 atom stereocenters. The molecule has 1 aromatic heterocycles. The Morgan fingerprint density at radius 3 is 2.95 bits per heavy atom. The Kier molecular flexibility index (Phi) is 5.11. The average molecular weight is 286 g/mol. The van der Waals surface area contributed by atoms with Crippen molar-refractivity contribution >= 4 is 11.6 Å². The summed E-state index contributed by atoms with van der Waals surface area (Å²) < 4.78 is 2.03. The van der Waals surface area contributed by atoms with E-state index in [4.69, 9.17) is 5.73 Å². The number of nitrogens with two attached hydrogens (primary N) is 1. The highest BCUT2D eigenvalue weighted by Gasteiger charge is 2.09. The molecule has 1 amide bonds. The van der Waals surface area contributed by atoms with E-state index in [1.165, 1.54) is 0 Å². The lowest BCUT2D eigenvalue weighted by atomic mass is 10.2. The van der Waals surface area contributed by atoms with Crippen LogP contribution in [0.2, 0.25) is 0 Å². The fraction of sp³-hybridized carbons (Fsp3) is 0.375. The molecule has 1 heterocycles. The predicted molar refractivity (Wildman–Crippen MR) is 83.9 cm³/mol. The van der Waals surface area contributed by atoms with Crippen LogP contribution in [0.1, 0.15) is 37.6 Å². The molecule has 2 aromatic rings. The van der Waals surface area contributed by atoms with E-state index in [1.54, 1.807) is 6.20 Å². The Morgan fingerprint density at radius 1 is 1.43 bits per heavy atom. The number of carbonyl (C=O) groups excluding carboxylic acids is 1. The second kappa shape index (κ2) is 7.04. The summed E-state index contributed by atoms with van der Waals surface area (Å²) in [6.45, 7) is 5.29. The third-order valence-corrected chi connectivity index (χ3v) is 3.29. The normalized spacial score (nSPS) is 10.9. The lowest BCUT2D eigenvalue weighted by Gasteiger charge is -2.11. The molecule has 5 nitrogen and oxygen atoms in total. The molecule has 21 heavy (non-hydrogen) atoms. The van der Waals surface area contributed by atoms with E-state index in [0.717, 1.165) is 17.1 Å². The van der Waals surface area contributed by atoms with Gasteiger partial charge in [-0.15, -0.1) is 0 Å². The maximum Gasteiger partial charge on any atom is 0.226 e. The number of hydrogen-bond acceptors (Lipinski definition) is 3. The number of aryl methyl sites for hydroxylation is 1. The highest BCUT2D eigenvalue weighted by Crippen LogP contribution is 2.13. The molecule has 0 saturated carbocycles. The van der Waals surface area contributed by atoms with Crippen LogP contribution in [0.3, 0.4) is 0 Å². The van der Waals surface area contributed by atoms with E-state index in [-0.39, 0.29) is 5.91 Å². The van der Waals surface area contributed by atoms with Crippen LogP contribution in [0, 0.1) is 0 Å². The Morgan fingerprint density at radius 2 is 2.24 bits per heavy atom. The maximum atomic E-state index is 12.0. The number of carbonyl (C=O) groups is 1. The molecule has 0 spiro atoms. The van der Waals surface area contributed by atoms with Crippen LogP contribution in [-0.2, 0) is 17.9 Å². The number of nitrogens with zero attached hydrogens (tertiary/aromatic N) is 2. The first-order valence-corrected chi connectivity index (χ1v) is 7.20. The van der Waals surface area contributed by atoms with E-state index in [1.807, 2.05) is 35.0 Å². The minimum Gasteiger partial charge on any atom is -0.334 e. The van der Waals surface area contributed by atoms with Crippen molar-refractivity contribution in [2.75, 3.05) is 5.32 Å². The van der Waals surface area contributed by atoms with Crippen molar-refractivity contribution < 1.29 is 4.79 Å². The maximum absolute atomic E-state index is 12.0. The minimum atomic E-state index is -0.00687. The summed E-state index contributed by atoms with van der Waals surface area (Å²) in [5.41, 5.74) is 7.39. The van der Waals surface area contributed by atoms with Crippen molar-refractivity contribution in [2.45, 2.75) is 39.3 Å². The third kappa shape index (κ3) is 4.16. The van der Waals surface area contributed by atoms with Gasteiger partial charge in [-0.1, -0.05) is 26.0 Å². The molecule has 5 heteroatoms. The van der Waals surface area contributed by atoms with Crippen molar-refractivity contribution in [1.82, 2.24) is 9.55 Å². The number of amides is 1. The summed E-state index contributed by atoms with van der Waals surface area (Å²) in [5.74, 6) is 1.35. The largest absolute Gasteiger partial charge is 0.334 e. The van der Waals surface area contributed by atoms with Crippen LogP contribution in [-0.4, -0.2) is 15.5 Å². The van der Waals surface area contributed by atoms with Crippen LogP contribution < -0.4 is 11.1 Å². The molecule has 0 saturated heterocycles. The zero-order valence-corrected chi connectivity index (χ0v) is 12.5. The number of aromatic nitrogens is 2. The van der Waals surface area contributed by atoms with Gasteiger partial charge in [-0.3, -0.25) is 4.79 Å². The quantitative estimate of drug-likeness (QED) is 0.857. The van der Waals surface area contributed by atoms with Gasteiger partial charge in [-0.2, -0.15) is 0 Å². The van der Waals surface area contributed by atoms with Gasteiger partial charge in [-0.05, 0) is 17.7 Å². The first-order chi connectivity index (χ1) is 10.1. The van der Waals surface area contributed by atoms with Crippen molar-refractivity contribution in [1.29, 1.82) is 0 Å². The van der Waals surface area contributed by atoms with E-state index in [9.17, 15) is 4.79 Å². The molecule has 0 bridgehead atoms. The van der Waals surface area contributed by atoms with Gasteiger partial charge in [0.1, 0.15) is 5.82 Å². The van der Waals surface area contributed by atoms with E-state index < -0.39 is 0 Å². The van der Waals surface area contributed by atoms with Crippen molar-refractivity contribution in [3.8, 4) is 0 Å². The van der Waals surface area contributed by atoms with Gasteiger partial charge in [0.05, 0.1) is 0 Å². The lowest BCUT2D eigenvalue weighted by molar-refractivity contribution is -0.116. The average Bonchev–Trinajstić information content (AvgIpc) is 2.94.